The third-order valence-corrected chi connectivity index (χ3v) is 3.33. The van der Waals surface area contributed by atoms with Crippen LogP contribution in [0.4, 0.5) is 11.6 Å². The fourth-order valence-electron chi connectivity index (χ4n) is 1.96. The van der Waals surface area contributed by atoms with Crippen LogP contribution in [0.3, 0.4) is 0 Å². The number of unbranched alkanes of at least 4 members (excludes halogenated alkanes) is 3. The molecule has 0 amide bonds. The molecule has 6 heteroatoms. The Labute approximate surface area is 127 Å². The molecule has 5 N–H and O–H groups in total. The second kappa shape index (κ2) is 8.14. The number of hydrogen-bond donors (Lipinski definition) is 4. The summed E-state index contributed by atoms with van der Waals surface area (Å²) in [5, 5.41) is 12.1. The van der Waals surface area contributed by atoms with Gasteiger partial charge in [0.15, 0.2) is 0 Å². The van der Waals surface area contributed by atoms with E-state index in [1.54, 1.807) is 0 Å². The molecule has 6 nitrogen and oxygen atoms in total. The van der Waals surface area contributed by atoms with Crippen LogP contribution >= 0.6 is 0 Å². The predicted molar refractivity (Wildman–Crippen MR) is 87.3 cm³/mol. The Morgan fingerprint density at radius 3 is 2.24 bits per heavy atom. The first-order chi connectivity index (χ1) is 9.90. The van der Waals surface area contributed by atoms with E-state index in [1.165, 1.54) is 0 Å². The molecule has 0 aliphatic carbocycles. The summed E-state index contributed by atoms with van der Waals surface area (Å²) in [6.07, 6.45) is 4.09. The fraction of sp³-hybridized carbons (Fsp3) is 0.733. The molecule has 0 atom stereocenters. The highest BCUT2D eigenvalue weighted by Gasteiger charge is 2.20. The Bertz CT molecular complexity index is 442. The van der Waals surface area contributed by atoms with E-state index in [-0.39, 0.29) is 12.0 Å². The summed E-state index contributed by atoms with van der Waals surface area (Å²) >= 11 is 0. The van der Waals surface area contributed by atoms with Gasteiger partial charge in [0.1, 0.15) is 17.5 Å². The first kappa shape index (κ1) is 17.7. The topological polar surface area (TPSA) is 96.1 Å². The fourth-order valence-corrected chi connectivity index (χ4v) is 1.96. The molecule has 0 aliphatic heterocycles. The van der Waals surface area contributed by atoms with Crippen LogP contribution < -0.4 is 16.6 Å². The highest BCUT2D eigenvalue weighted by molar-refractivity contribution is 5.57. The van der Waals surface area contributed by atoms with Crippen molar-refractivity contribution in [3.05, 3.63) is 11.4 Å². The van der Waals surface area contributed by atoms with Gasteiger partial charge in [-0.05, 0) is 19.8 Å². The minimum atomic E-state index is -0.128. The van der Waals surface area contributed by atoms with Crippen molar-refractivity contribution in [3.63, 3.8) is 0 Å². The second-order valence-corrected chi connectivity index (χ2v) is 6.33. The SMILES string of the molecule is Cc1c(NN)nc(C(C)(C)C)nc1NCCCCCCO. The number of nitrogen functional groups attached to an aromatic ring is 1. The maximum absolute atomic E-state index is 8.75. The molecule has 120 valence electrons. The second-order valence-electron chi connectivity index (χ2n) is 6.33. The van der Waals surface area contributed by atoms with Crippen molar-refractivity contribution in [3.8, 4) is 0 Å². The number of aliphatic hydroxyl groups excluding tert-OH is 1. The van der Waals surface area contributed by atoms with Crippen LogP contribution in [0.25, 0.3) is 0 Å². The van der Waals surface area contributed by atoms with Gasteiger partial charge in [-0.3, -0.25) is 0 Å². The molecule has 0 unspecified atom stereocenters. The van der Waals surface area contributed by atoms with E-state index >= 15 is 0 Å². The van der Waals surface area contributed by atoms with Gasteiger partial charge >= 0.3 is 0 Å². The highest BCUT2D eigenvalue weighted by Crippen LogP contribution is 2.25. The molecule has 0 aliphatic rings. The maximum Gasteiger partial charge on any atom is 0.148 e. The molecular weight excluding hydrogens is 266 g/mol. The third kappa shape index (κ3) is 5.47. The average Bonchev–Trinajstić information content (AvgIpc) is 2.43. The van der Waals surface area contributed by atoms with Gasteiger partial charge in [-0.1, -0.05) is 33.6 Å². The van der Waals surface area contributed by atoms with Crippen molar-refractivity contribution >= 4 is 11.6 Å². The quantitative estimate of drug-likeness (QED) is 0.334. The predicted octanol–water partition coefficient (Wildman–Crippen LogP) is 2.33. The van der Waals surface area contributed by atoms with Gasteiger partial charge in [-0.2, -0.15) is 0 Å². The van der Waals surface area contributed by atoms with Gasteiger partial charge in [-0.25, -0.2) is 15.8 Å². The molecule has 1 heterocycles. The Morgan fingerprint density at radius 2 is 1.67 bits per heavy atom. The minimum absolute atomic E-state index is 0.128. The lowest BCUT2D eigenvalue weighted by atomic mass is 9.95. The Morgan fingerprint density at radius 1 is 1.05 bits per heavy atom. The summed E-state index contributed by atoms with van der Waals surface area (Å²) in [5.74, 6) is 7.82. The molecule has 0 bridgehead atoms. The lowest BCUT2D eigenvalue weighted by molar-refractivity contribution is 0.283. The van der Waals surface area contributed by atoms with E-state index in [1.807, 2.05) is 6.92 Å². The number of hydrogen-bond acceptors (Lipinski definition) is 6. The molecule has 1 aromatic heterocycles. The number of anilines is 2. The van der Waals surface area contributed by atoms with E-state index in [0.717, 1.165) is 49.4 Å². The van der Waals surface area contributed by atoms with E-state index in [0.29, 0.717) is 5.82 Å². The maximum atomic E-state index is 8.75. The molecule has 0 spiro atoms. The molecule has 0 saturated carbocycles. The normalized spacial score (nSPS) is 11.5. The lowest BCUT2D eigenvalue weighted by Crippen LogP contribution is -2.21. The van der Waals surface area contributed by atoms with Gasteiger partial charge in [0.2, 0.25) is 0 Å². The standard InChI is InChI=1S/C15H29N5O/c1-11-12(17-9-7-5-6-8-10-21)18-14(15(2,3)4)19-13(11)20-16/h21H,5-10,16H2,1-4H3,(H2,17,18,19,20). The largest absolute Gasteiger partial charge is 0.396 e. The molecule has 0 saturated heterocycles. The smallest absolute Gasteiger partial charge is 0.148 e. The molecule has 1 rings (SSSR count). The third-order valence-electron chi connectivity index (χ3n) is 3.33. The number of aromatic nitrogens is 2. The Kier molecular flexibility index (Phi) is 6.84. The van der Waals surface area contributed by atoms with Gasteiger partial charge in [-0.15, -0.1) is 0 Å². The monoisotopic (exact) mass is 295 g/mol. The number of nitrogens with one attached hydrogen (secondary N) is 2. The lowest BCUT2D eigenvalue weighted by Gasteiger charge is -2.20. The number of nitrogens with two attached hydrogens (primary N) is 1. The van der Waals surface area contributed by atoms with Crippen molar-refractivity contribution in [2.24, 2.45) is 5.84 Å². The van der Waals surface area contributed by atoms with Crippen molar-refractivity contribution in [1.82, 2.24) is 9.97 Å². The molecule has 0 radical (unpaired) electrons. The zero-order valence-electron chi connectivity index (χ0n) is 13.7. The summed E-state index contributed by atoms with van der Waals surface area (Å²) in [4.78, 5) is 9.10. The van der Waals surface area contributed by atoms with Crippen LogP contribution in [0, 0.1) is 6.92 Å². The van der Waals surface area contributed by atoms with Gasteiger partial charge in [0.05, 0.1) is 0 Å². The van der Waals surface area contributed by atoms with Gasteiger partial charge < -0.3 is 15.8 Å². The number of hydrazine groups is 1. The zero-order valence-corrected chi connectivity index (χ0v) is 13.7. The molecule has 21 heavy (non-hydrogen) atoms. The van der Waals surface area contributed by atoms with Crippen molar-refractivity contribution in [2.75, 3.05) is 23.9 Å². The first-order valence-electron chi connectivity index (χ1n) is 7.60. The molecule has 0 aromatic carbocycles. The minimum Gasteiger partial charge on any atom is -0.396 e. The average molecular weight is 295 g/mol. The van der Waals surface area contributed by atoms with E-state index in [9.17, 15) is 0 Å². The summed E-state index contributed by atoms with van der Waals surface area (Å²) in [6.45, 7) is 9.33. The molecule has 0 fully saturated rings. The van der Waals surface area contributed by atoms with Crippen molar-refractivity contribution < 1.29 is 5.11 Å². The molecular formula is C15H29N5O. The number of nitrogens with zero attached hydrogens (tertiary/aromatic N) is 2. The van der Waals surface area contributed by atoms with Gasteiger partial charge in [0.25, 0.3) is 0 Å². The molecule has 1 aromatic rings. The van der Waals surface area contributed by atoms with Crippen LogP contribution in [-0.2, 0) is 5.41 Å². The summed E-state index contributed by atoms with van der Waals surface area (Å²) in [7, 11) is 0. The van der Waals surface area contributed by atoms with Crippen molar-refractivity contribution in [1.29, 1.82) is 0 Å². The van der Waals surface area contributed by atoms with Crippen LogP contribution in [0.5, 0.6) is 0 Å². The Balaban J connectivity index is 2.72. The van der Waals surface area contributed by atoms with Crippen LogP contribution in [0.1, 0.15) is 57.8 Å². The van der Waals surface area contributed by atoms with Crippen LogP contribution in [-0.4, -0.2) is 28.2 Å². The van der Waals surface area contributed by atoms with Crippen LogP contribution in [0.2, 0.25) is 0 Å². The van der Waals surface area contributed by atoms with E-state index < -0.39 is 0 Å². The zero-order chi connectivity index (χ0) is 15.9. The number of aliphatic hydroxyl groups is 1. The van der Waals surface area contributed by atoms with E-state index in [2.05, 4.69) is 41.5 Å². The summed E-state index contributed by atoms with van der Waals surface area (Å²) in [5.41, 5.74) is 3.45. The van der Waals surface area contributed by atoms with Crippen LogP contribution in [0.15, 0.2) is 0 Å². The number of rotatable bonds is 8. The van der Waals surface area contributed by atoms with Crippen molar-refractivity contribution in [2.45, 2.75) is 58.8 Å². The summed E-state index contributed by atoms with van der Waals surface area (Å²) in [6, 6.07) is 0. The Hall–Kier alpha value is -1.40. The van der Waals surface area contributed by atoms with Gasteiger partial charge in [0, 0.05) is 24.1 Å². The van der Waals surface area contributed by atoms with E-state index in [4.69, 9.17) is 10.9 Å². The highest BCUT2D eigenvalue weighted by atomic mass is 16.2. The summed E-state index contributed by atoms with van der Waals surface area (Å²) < 4.78 is 0. The first-order valence-corrected chi connectivity index (χ1v) is 7.60.